The number of carbonyl (C=O) groups is 1. The van der Waals surface area contributed by atoms with Gasteiger partial charge in [-0.15, -0.1) is 0 Å². The molecule has 1 aliphatic rings. The van der Waals surface area contributed by atoms with Gasteiger partial charge in [-0.3, -0.25) is 4.79 Å². The minimum atomic E-state index is -0.0118. The molecule has 1 aromatic rings. The largest absolute Gasteiger partial charge is 0.493 e. The van der Waals surface area contributed by atoms with Gasteiger partial charge in [0.05, 0.1) is 20.1 Å². The van der Waals surface area contributed by atoms with Crippen LogP contribution in [0.2, 0.25) is 0 Å². The molecule has 1 unspecified atom stereocenters. The first-order valence-corrected chi connectivity index (χ1v) is 7.00. The number of hydrogen-bond donors (Lipinski definition) is 2. The van der Waals surface area contributed by atoms with E-state index in [2.05, 4.69) is 5.32 Å². The Balaban J connectivity index is 1.73. The Bertz CT molecular complexity index is 446. The van der Waals surface area contributed by atoms with Crippen LogP contribution in [-0.2, 0) is 4.79 Å². The first-order chi connectivity index (χ1) is 9.74. The summed E-state index contributed by atoms with van der Waals surface area (Å²) in [7, 11) is 1.59. The SMILES string of the molecule is COc1ccccc1OCCC(=O)NC(CN)C1CC1. The van der Waals surface area contributed by atoms with Crippen LogP contribution in [0.4, 0.5) is 0 Å². The van der Waals surface area contributed by atoms with E-state index in [0.717, 1.165) is 0 Å². The zero-order valence-electron chi connectivity index (χ0n) is 11.8. The molecule has 0 aromatic heterocycles. The Morgan fingerprint density at radius 2 is 2.10 bits per heavy atom. The molecule has 20 heavy (non-hydrogen) atoms. The fourth-order valence-corrected chi connectivity index (χ4v) is 2.14. The van der Waals surface area contributed by atoms with Crippen LogP contribution in [0.25, 0.3) is 0 Å². The summed E-state index contributed by atoms with van der Waals surface area (Å²) >= 11 is 0. The second-order valence-corrected chi connectivity index (χ2v) is 5.00. The lowest BCUT2D eigenvalue weighted by Crippen LogP contribution is -2.42. The molecule has 0 saturated heterocycles. The maximum absolute atomic E-state index is 11.8. The molecule has 0 spiro atoms. The van der Waals surface area contributed by atoms with Gasteiger partial charge in [0.15, 0.2) is 11.5 Å². The molecule has 1 fully saturated rings. The van der Waals surface area contributed by atoms with Gasteiger partial charge < -0.3 is 20.5 Å². The molecule has 0 radical (unpaired) electrons. The number of nitrogens with two attached hydrogens (primary N) is 1. The summed E-state index contributed by atoms with van der Waals surface area (Å²) in [6.45, 7) is 0.831. The Morgan fingerprint density at radius 1 is 1.40 bits per heavy atom. The van der Waals surface area contributed by atoms with Gasteiger partial charge in [0, 0.05) is 12.6 Å². The van der Waals surface area contributed by atoms with Crippen molar-refractivity contribution in [3.8, 4) is 11.5 Å². The number of methoxy groups -OCH3 is 1. The Hall–Kier alpha value is -1.75. The summed E-state index contributed by atoms with van der Waals surface area (Å²) in [5, 5.41) is 2.97. The van der Waals surface area contributed by atoms with Crippen molar-refractivity contribution in [2.45, 2.75) is 25.3 Å². The van der Waals surface area contributed by atoms with E-state index in [1.165, 1.54) is 12.8 Å². The van der Waals surface area contributed by atoms with E-state index < -0.39 is 0 Å². The third-order valence-electron chi connectivity index (χ3n) is 3.45. The molecule has 0 bridgehead atoms. The van der Waals surface area contributed by atoms with Crippen molar-refractivity contribution in [1.29, 1.82) is 0 Å². The molecule has 110 valence electrons. The summed E-state index contributed by atoms with van der Waals surface area (Å²) in [6, 6.07) is 7.51. The number of benzene rings is 1. The van der Waals surface area contributed by atoms with Gasteiger partial charge in [-0.2, -0.15) is 0 Å². The van der Waals surface area contributed by atoms with Crippen molar-refractivity contribution in [3.05, 3.63) is 24.3 Å². The molecule has 3 N–H and O–H groups in total. The Kier molecular flexibility index (Phi) is 5.24. The van der Waals surface area contributed by atoms with Crippen LogP contribution < -0.4 is 20.5 Å². The van der Waals surface area contributed by atoms with Gasteiger partial charge in [-0.1, -0.05) is 12.1 Å². The Labute approximate surface area is 119 Å². The minimum Gasteiger partial charge on any atom is -0.493 e. The highest BCUT2D eigenvalue weighted by Crippen LogP contribution is 2.32. The molecule has 1 amide bonds. The van der Waals surface area contributed by atoms with Crippen molar-refractivity contribution < 1.29 is 14.3 Å². The van der Waals surface area contributed by atoms with Crippen molar-refractivity contribution in [2.24, 2.45) is 11.7 Å². The fourth-order valence-electron chi connectivity index (χ4n) is 2.14. The number of nitrogens with one attached hydrogen (secondary N) is 1. The molecule has 1 aliphatic carbocycles. The maximum atomic E-state index is 11.8. The normalized spacial score (nSPS) is 15.5. The minimum absolute atomic E-state index is 0.0118. The van der Waals surface area contributed by atoms with Crippen LogP contribution >= 0.6 is 0 Å². The predicted octanol–water partition coefficient (Wildman–Crippen LogP) is 1.32. The van der Waals surface area contributed by atoms with Crippen LogP contribution in [0.3, 0.4) is 0 Å². The van der Waals surface area contributed by atoms with Crippen LogP contribution in [0.1, 0.15) is 19.3 Å². The third-order valence-corrected chi connectivity index (χ3v) is 3.45. The molecule has 1 aromatic carbocycles. The summed E-state index contributed by atoms with van der Waals surface area (Å²) in [6.07, 6.45) is 2.65. The van der Waals surface area contributed by atoms with E-state index >= 15 is 0 Å². The van der Waals surface area contributed by atoms with E-state index in [4.69, 9.17) is 15.2 Å². The number of rotatable bonds is 8. The molecule has 1 atom stereocenters. The second-order valence-electron chi connectivity index (χ2n) is 5.00. The summed E-state index contributed by atoms with van der Waals surface area (Å²) in [5.74, 6) is 1.88. The molecule has 1 saturated carbocycles. The maximum Gasteiger partial charge on any atom is 0.223 e. The van der Waals surface area contributed by atoms with Crippen LogP contribution in [0.15, 0.2) is 24.3 Å². The lowest BCUT2D eigenvalue weighted by molar-refractivity contribution is -0.122. The monoisotopic (exact) mass is 278 g/mol. The number of para-hydroxylation sites is 2. The Morgan fingerprint density at radius 3 is 2.70 bits per heavy atom. The summed E-state index contributed by atoms with van der Waals surface area (Å²) < 4.78 is 10.8. The second kappa shape index (κ2) is 7.14. The quantitative estimate of drug-likeness (QED) is 0.752. The lowest BCUT2D eigenvalue weighted by atomic mass is 10.2. The molecular weight excluding hydrogens is 256 g/mol. The third kappa shape index (κ3) is 4.13. The highest BCUT2D eigenvalue weighted by Gasteiger charge is 2.31. The molecule has 0 aliphatic heterocycles. The van der Waals surface area contributed by atoms with E-state index in [1.54, 1.807) is 7.11 Å². The van der Waals surface area contributed by atoms with Gasteiger partial charge in [-0.05, 0) is 30.9 Å². The van der Waals surface area contributed by atoms with Crippen molar-refractivity contribution >= 4 is 5.91 Å². The van der Waals surface area contributed by atoms with Crippen LogP contribution in [0, 0.1) is 5.92 Å². The number of hydrogen-bond acceptors (Lipinski definition) is 4. The zero-order chi connectivity index (χ0) is 14.4. The van der Waals surface area contributed by atoms with Crippen molar-refractivity contribution in [1.82, 2.24) is 5.32 Å². The van der Waals surface area contributed by atoms with E-state index in [0.29, 0.717) is 37.0 Å². The fraction of sp³-hybridized carbons (Fsp3) is 0.533. The first kappa shape index (κ1) is 14.7. The van der Waals surface area contributed by atoms with Gasteiger partial charge >= 0.3 is 0 Å². The standard InChI is InChI=1S/C15H22N2O3/c1-19-13-4-2-3-5-14(13)20-9-8-15(18)17-12(10-16)11-6-7-11/h2-5,11-12H,6-10,16H2,1H3,(H,17,18). The molecule has 5 nitrogen and oxygen atoms in total. The number of ether oxygens (including phenoxy) is 2. The summed E-state index contributed by atoms with van der Waals surface area (Å²) in [5.41, 5.74) is 5.66. The van der Waals surface area contributed by atoms with Gasteiger partial charge in [0.2, 0.25) is 5.91 Å². The number of carbonyl (C=O) groups excluding carboxylic acids is 1. The van der Waals surface area contributed by atoms with Crippen molar-refractivity contribution in [3.63, 3.8) is 0 Å². The van der Waals surface area contributed by atoms with Gasteiger partial charge in [0.1, 0.15) is 0 Å². The highest BCUT2D eigenvalue weighted by atomic mass is 16.5. The average Bonchev–Trinajstić information content (AvgIpc) is 3.30. The highest BCUT2D eigenvalue weighted by molar-refractivity contribution is 5.76. The van der Waals surface area contributed by atoms with Gasteiger partial charge in [-0.25, -0.2) is 0 Å². The lowest BCUT2D eigenvalue weighted by Gasteiger charge is -2.16. The van der Waals surface area contributed by atoms with Crippen LogP contribution in [-0.4, -0.2) is 32.2 Å². The van der Waals surface area contributed by atoms with E-state index in [1.807, 2.05) is 24.3 Å². The topological polar surface area (TPSA) is 73.6 Å². The smallest absolute Gasteiger partial charge is 0.223 e. The first-order valence-electron chi connectivity index (χ1n) is 7.00. The zero-order valence-corrected chi connectivity index (χ0v) is 11.8. The molecule has 5 heteroatoms. The summed E-state index contributed by atoms with van der Waals surface area (Å²) in [4.78, 5) is 11.8. The molecular formula is C15H22N2O3. The predicted molar refractivity (Wildman–Crippen MR) is 76.8 cm³/mol. The van der Waals surface area contributed by atoms with Crippen molar-refractivity contribution in [2.75, 3.05) is 20.3 Å². The molecule has 2 rings (SSSR count). The molecule has 0 heterocycles. The average molecular weight is 278 g/mol. The van der Waals surface area contributed by atoms with E-state index in [-0.39, 0.29) is 11.9 Å². The van der Waals surface area contributed by atoms with Crippen LogP contribution in [0.5, 0.6) is 11.5 Å². The van der Waals surface area contributed by atoms with E-state index in [9.17, 15) is 4.79 Å². The number of amides is 1. The van der Waals surface area contributed by atoms with Gasteiger partial charge in [0.25, 0.3) is 0 Å².